The third-order valence-electron chi connectivity index (χ3n) is 10.6. The third kappa shape index (κ3) is 8.08. The van der Waals surface area contributed by atoms with E-state index in [2.05, 4.69) is 0 Å². The van der Waals surface area contributed by atoms with Gasteiger partial charge in [-0.25, -0.2) is 9.18 Å². The number of carbonyl (C=O) groups excluding carboxylic acids is 1. The maximum absolute atomic E-state index is 13.9. The Morgan fingerprint density at radius 3 is 2.10 bits per heavy atom. The number of ether oxygens (including phenoxy) is 3. The summed E-state index contributed by atoms with van der Waals surface area (Å²) in [5, 5.41) is 92.6. The minimum absolute atomic E-state index is 0.00963. The van der Waals surface area contributed by atoms with Crippen LogP contribution in [-0.4, -0.2) is 131 Å². The first kappa shape index (κ1) is 41.7. The fourth-order valence-corrected chi connectivity index (χ4v) is 8.65. The predicted molar refractivity (Wildman–Crippen MR) is 204 cm³/mol. The van der Waals surface area contributed by atoms with Gasteiger partial charge in [-0.1, -0.05) is 66.7 Å². The van der Waals surface area contributed by atoms with Crippen LogP contribution in [0.5, 0.6) is 5.75 Å². The minimum atomic E-state index is -1.98. The topological polar surface area (TPSA) is 247 Å². The molecule has 0 spiro atoms. The van der Waals surface area contributed by atoms with E-state index in [1.165, 1.54) is 29.2 Å². The molecule has 4 aromatic rings. The molecule has 1 amide bonds. The van der Waals surface area contributed by atoms with Gasteiger partial charge in [0.25, 0.3) is 0 Å². The second-order valence-corrected chi connectivity index (χ2v) is 15.5. The van der Waals surface area contributed by atoms with E-state index in [1.807, 2.05) is 0 Å². The van der Waals surface area contributed by atoms with E-state index in [0.717, 1.165) is 11.8 Å². The Balaban J connectivity index is 1.25. The summed E-state index contributed by atoms with van der Waals surface area (Å²) in [6.45, 7) is -0.597. The number of hydrogen-bond donors (Lipinski definition) is 9. The molecule has 3 fully saturated rings. The number of thioether (sulfide) groups is 1. The second-order valence-electron chi connectivity index (χ2n) is 14.3. The molecule has 3 aliphatic rings. The number of carbonyl (C=O) groups is 2. The van der Waals surface area contributed by atoms with E-state index in [1.54, 1.807) is 72.8 Å². The molecule has 58 heavy (non-hydrogen) atoms. The Hall–Kier alpha value is -4.50. The van der Waals surface area contributed by atoms with Crippen LogP contribution >= 0.6 is 11.8 Å². The standard InChI is InChI=1S/C41H42FNO14S/c42-23-13-10-20(11-14-23)26(45)18-58-38-29(43(39(38)52)24-4-2-1-3-5-24)25-15-12-22(16-27(25)56-41-35(51)32(48)34(50)37(57-41)40(53)54)19-6-8-21(9-7-19)36-33(49)31(47)30(46)28(17-44)55-36/h1-16,26,28-38,41,44-51H,17-18H2,(H,53,54)/t26-,28+,29+,30+,31-,32?,33+,34-,35?,36?,37?,38+,41+/m0/s1. The zero-order chi connectivity index (χ0) is 41.4. The van der Waals surface area contributed by atoms with Gasteiger partial charge in [0.05, 0.1) is 18.8 Å². The van der Waals surface area contributed by atoms with Gasteiger partial charge in [-0.3, -0.25) is 4.79 Å². The molecule has 0 radical (unpaired) electrons. The summed E-state index contributed by atoms with van der Waals surface area (Å²) in [7, 11) is 0. The number of aliphatic hydroxyl groups excluding tert-OH is 8. The summed E-state index contributed by atoms with van der Waals surface area (Å²) < 4.78 is 31.0. The predicted octanol–water partition coefficient (Wildman–Crippen LogP) is 1.20. The van der Waals surface area contributed by atoms with Crippen LogP contribution < -0.4 is 9.64 Å². The number of anilines is 1. The molecule has 3 heterocycles. The van der Waals surface area contributed by atoms with Crippen LogP contribution in [0.15, 0.2) is 97.1 Å². The molecular formula is C41H42FNO14S. The molecule has 0 saturated carbocycles. The lowest BCUT2D eigenvalue weighted by molar-refractivity contribution is -0.271. The van der Waals surface area contributed by atoms with Crippen LogP contribution in [0.3, 0.4) is 0 Å². The molecule has 0 aromatic heterocycles. The molecule has 4 unspecified atom stereocenters. The van der Waals surface area contributed by atoms with Gasteiger partial charge in [0.1, 0.15) is 65.6 Å². The molecular weight excluding hydrogens is 782 g/mol. The average Bonchev–Trinajstić information content (AvgIpc) is 3.23. The highest BCUT2D eigenvalue weighted by atomic mass is 32.2. The molecule has 0 bridgehead atoms. The Morgan fingerprint density at radius 1 is 0.793 bits per heavy atom. The normalized spacial score (nSPS) is 31.7. The molecule has 3 saturated heterocycles. The zero-order valence-corrected chi connectivity index (χ0v) is 31.3. The molecule has 4 aromatic carbocycles. The lowest BCUT2D eigenvalue weighted by Gasteiger charge is -2.48. The molecule has 308 valence electrons. The van der Waals surface area contributed by atoms with Crippen LogP contribution in [-0.2, 0) is 19.1 Å². The highest BCUT2D eigenvalue weighted by molar-refractivity contribution is 8.00. The van der Waals surface area contributed by atoms with Crippen LogP contribution in [0.2, 0.25) is 0 Å². The van der Waals surface area contributed by atoms with Crippen molar-refractivity contribution in [3.63, 3.8) is 0 Å². The molecule has 3 aliphatic heterocycles. The van der Waals surface area contributed by atoms with Crippen molar-refractivity contribution in [2.75, 3.05) is 17.3 Å². The fraction of sp³-hybridized carbons (Fsp3) is 0.366. The van der Waals surface area contributed by atoms with Crippen molar-refractivity contribution in [1.29, 1.82) is 0 Å². The summed E-state index contributed by atoms with van der Waals surface area (Å²) in [6, 6.07) is 24.8. The van der Waals surface area contributed by atoms with Gasteiger partial charge in [-0.05, 0) is 52.6 Å². The fourth-order valence-electron chi connectivity index (χ4n) is 7.36. The summed E-state index contributed by atoms with van der Waals surface area (Å²) in [5.74, 6) is -2.33. The van der Waals surface area contributed by atoms with E-state index in [4.69, 9.17) is 14.2 Å². The van der Waals surface area contributed by atoms with Crippen molar-refractivity contribution in [1.82, 2.24) is 0 Å². The van der Waals surface area contributed by atoms with Crippen molar-refractivity contribution in [2.45, 2.75) is 78.6 Å². The lowest BCUT2D eigenvalue weighted by atomic mass is 9.89. The van der Waals surface area contributed by atoms with Crippen molar-refractivity contribution in [2.24, 2.45) is 0 Å². The summed E-state index contributed by atoms with van der Waals surface area (Å²) in [4.78, 5) is 27.4. The van der Waals surface area contributed by atoms with E-state index < -0.39 is 97.0 Å². The molecule has 0 aliphatic carbocycles. The summed E-state index contributed by atoms with van der Waals surface area (Å²) in [5.41, 5.74) is 2.86. The monoisotopic (exact) mass is 823 g/mol. The highest BCUT2D eigenvalue weighted by Gasteiger charge is 2.52. The number of hydrogen-bond acceptors (Lipinski definition) is 14. The number of benzene rings is 4. The van der Waals surface area contributed by atoms with Crippen LogP contribution in [0.1, 0.15) is 34.9 Å². The van der Waals surface area contributed by atoms with Crippen molar-refractivity contribution >= 4 is 29.3 Å². The quantitative estimate of drug-likeness (QED) is 0.0912. The van der Waals surface area contributed by atoms with Gasteiger partial charge >= 0.3 is 5.97 Å². The van der Waals surface area contributed by atoms with Gasteiger partial charge in [-0.2, -0.15) is 0 Å². The largest absolute Gasteiger partial charge is 0.479 e. The molecule has 15 nitrogen and oxygen atoms in total. The Kier molecular flexibility index (Phi) is 12.5. The van der Waals surface area contributed by atoms with Gasteiger partial charge in [-0.15, -0.1) is 11.8 Å². The van der Waals surface area contributed by atoms with Crippen LogP contribution in [0.4, 0.5) is 10.1 Å². The molecule has 7 rings (SSSR count). The first-order valence-electron chi connectivity index (χ1n) is 18.4. The lowest BCUT2D eigenvalue weighted by Crippen LogP contribution is -2.61. The number of para-hydroxylation sites is 1. The number of carboxylic acid groups (broad SMARTS) is 1. The number of halogens is 1. The number of nitrogens with zero attached hydrogens (tertiary/aromatic N) is 1. The Labute approximate surface area is 335 Å². The summed E-state index contributed by atoms with van der Waals surface area (Å²) in [6.07, 6.45) is -17.5. The second kappa shape index (κ2) is 17.4. The molecule has 17 heteroatoms. The number of aliphatic hydroxyl groups is 8. The van der Waals surface area contributed by atoms with Crippen LogP contribution in [0.25, 0.3) is 11.1 Å². The van der Waals surface area contributed by atoms with E-state index in [-0.39, 0.29) is 17.4 Å². The number of aliphatic carboxylic acids is 1. The van der Waals surface area contributed by atoms with Gasteiger partial charge in [0.15, 0.2) is 6.10 Å². The molecule has 9 N–H and O–H groups in total. The van der Waals surface area contributed by atoms with E-state index >= 15 is 0 Å². The zero-order valence-electron chi connectivity index (χ0n) is 30.5. The first-order valence-corrected chi connectivity index (χ1v) is 19.4. The van der Waals surface area contributed by atoms with Crippen molar-refractivity contribution < 1.29 is 74.1 Å². The van der Waals surface area contributed by atoms with E-state index in [0.29, 0.717) is 33.5 Å². The smallest absolute Gasteiger partial charge is 0.335 e. The van der Waals surface area contributed by atoms with Crippen molar-refractivity contribution in [3.8, 4) is 16.9 Å². The third-order valence-corrected chi connectivity index (χ3v) is 11.9. The number of amides is 1. The maximum atomic E-state index is 13.9. The minimum Gasteiger partial charge on any atom is -0.479 e. The van der Waals surface area contributed by atoms with Gasteiger partial charge in [0.2, 0.25) is 12.2 Å². The van der Waals surface area contributed by atoms with Gasteiger partial charge < -0.3 is 65.1 Å². The van der Waals surface area contributed by atoms with Crippen molar-refractivity contribution in [3.05, 3.63) is 120 Å². The van der Waals surface area contributed by atoms with E-state index in [9.17, 15) is 59.9 Å². The number of rotatable bonds is 12. The maximum Gasteiger partial charge on any atom is 0.335 e. The van der Waals surface area contributed by atoms with Gasteiger partial charge in [0, 0.05) is 17.0 Å². The number of β-lactam (4-membered cyclic amide) rings is 1. The SMILES string of the molecule is O=C(O)C1O[C@@H](Oc2cc(-c3ccc(C4O[C@H](CO)[C@@H](O)[C@H](O)[C@H]4O)cc3)ccc2[C@@H]2[C@@H](SC[C@H](O)c3ccc(F)cc3)C(=O)N2c2ccccc2)C(O)C(O)[C@@H]1O. The Bertz CT molecular complexity index is 2060. The highest BCUT2D eigenvalue weighted by Crippen LogP contribution is 2.49. The Morgan fingerprint density at radius 2 is 1.45 bits per heavy atom. The number of carboxylic acids is 1. The first-order chi connectivity index (χ1) is 27.8. The van der Waals surface area contributed by atoms with Crippen LogP contribution in [0, 0.1) is 5.82 Å². The molecule has 13 atom stereocenters. The average molecular weight is 824 g/mol. The summed E-state index contributed by atoms with van der Waals surface area (Å²) >= 11 is 1.15.